The second kappa shape index (κ2) is 5.27. The molecule has 4 nitrogen and oxygen atoms in total. The molecule has 0 saturated heterocycles. The van der Waals surface area contributed by atoms with Crippen LogP contribution in [0.5, 0.6) is 11.5 Å². The van der Waals surface area contributed by atoms with Crippen LogP contribution in [-0.2, 0) is 4.79 Å². The molecule has 0 aliphatic rings. The quantitative estimate of drug-likeness (QED) is 0.909. The van der Waals surface area contributed by atoms with E-state index in [0.29, 0.717) is 10.8 Å². The van der Waals surface area contributed by atoms with Gasteiger partial charge in [-0.05, 0) is 13.0 Å². The minimum absolute atomic E-state index is 0.220. The molecule has 1 N–H and O–H groups in total. The van der Waals surface area contributed by atoms with Crippen molar-refractivity contribution in [2.45, 2.75) is 13.0 Å². The van der Waals surface area contributed by atoms with Gasteiger partial charge in [-0.1, -0.05) is 23.2 Å². The third kappa shape index (κ3) is 2.93. The third-order valence-electron chi connectivity index (χ3n) is 1.86. The number of hydrogen-bond donors (Lipinski definition) is 1. The van der Waals surface area contributed by atoms with Crippen molar-refractivity contribution in [1.29, 1.82) is 0 Å². The minimum Gasteiger partial charge on any atom is -0.495 e. The highest BCUT2D eigenvalue weighted by atomic mass is 35.5. The van der Waals surface area contributed by atoms with Crippen LogP contribution >= 0.6 is 23.2 Å². The van der Waals surface area contributed by atoms with Crippen LogP contribution in [0.3, 0.4) is 0 Å². The van der Waals surface area contributed by atoms with Gasteiger partial charge >= 0.3 is 5.97 Å². The van der Waals surface area contributed by atoms with E-state index < -0.39 is 12.1 Å². The smallest absolute Gasteiger partial charge is 0.344 e. The first-order valence-corrected chi connectivity index (χ1v) is 5.13. The molecule has 1 aromatic rings. The van der Waals surface area contributed by atoms with Crippen molar-refractivity contribution in [1.82, 2.24) is 0 Å². The summed E-state index contributed by atoms with van der Waals surface area (Å²) >= 11 is 11.7. The molecule has 0 aromatic heterocycles. The Hall–Kier alpha value is -1.13. The number of benzene rings is 1. The summed E-state index contributed by atoms with van der Waals surface area (Å²) in [4.78, 5) is 10.6. The summed E-state index contributed by atoms with van der Waals surface area (Å²) in [5.41, 5.74) is 0. The predicted molar refractivity (Wildman–Crippen MR) is 60.7 cm³/mol. The normalized spacial score (nSPS) is 12.0. The number of halogens is 2. The molecule has 0 aliphatic heterocycles. The molecule has 16 heavy (non-hydrogen) atoms. The molecule has 88 valence electrons. The number of rotatable bonds is 4. The summed E-state index contributed by atoms with van der Waals surface area (Å²) in [5, 5.41) is 9.26. The average Bonchev–Trinajstić information content (AvgIpc) is 2.21. The van der Waals surface area contributed by atoms with Crippen LogP contribution in [0.2, 0.25) is 10.0 Å². The van der Waals surface area contributed by atoms with Crippen LogP contribution < -0.4 is 9.47 Å². The van der Waals surface area contributed by atoms with E-state index >= 15 is 0 Å². The molecule has 1 unspecified atom stereocenters. The number of ether oxygens (including phenoxy) is 2. The van der Waals surface area contributed by atoms with Crippen LogP contribution in [0, 0.1) is 0 Å². The number of carbonyl (C=O) groups is 1. The van der Waals surface area contributed by atoms with E-state index in [2.05, 4.69) is 0 Å². The average molecular weight is 265 g/mol. The van der Waals surface area contributed by atoms with Crippen LogP contribution in [-0.4, -0.2) is 24.3 Å². The lowest BCUT2D eigenvalue weighted by atomic mass is 10.3. The Kier molecular flexibility index (Phi) is 4.26. The van der Waals surface area contributed by atoms with Gasteiger partial charge in [0.2, 0.25) is 0 Å². The van der Waals surface area contributed by atoms with Crippen LogP contribution in [0.15, 0.2) is 12.1 Å². The monoisotopic (exact) mass is 264 g/mol. The van der Waals surface area contributed by atoms with Crippen molar-refractivity contribution in [3.05, 3.63) is 22.2 Å². The summed E-state index contributed by atoms with van der Waals surface area (Å²) < 4.78 is 10.1. The predicted octanol–water partition coefficient (Wildman–Crippen LogP) is 2.85. The standard InChI is InChI=1S/C10H10Cl2O4/c1-5(10(13)14)16-9-4-8(15-2)6(11)3-7(9)12/h3-5H,1-2H3,(H,13,14). The van der Waals surface area contributed by atoms with Gasteiger partial charge < -0.3 is 14.6 Å². The Bertz CT molecular complexity index is 406. The van der Waals surface area contributed by atoms with Crippen molar-refractivity contribution >= 4 is 29.2 Å². The van der Waals surface area contributed by atoms with Gasteiger partial charge in [-0.15, -0.1) is 0 Å². The Morgan fingerprint density at radius 1 is 1.31 bits per heavy atom. The summed E-state index contributed by atoms with van der Waals surface area (Å²) in [6.07, 6.45) is -0.997. The number of carboxylic acids is 1. The van der Waals surface area contributed by atoms with E-state index in [9.17, 15) is 4.79 Å². The van der Waals surface area contributed by atoms with E-state index in [1.165, 1.54) is 26.2 Å². The first-order chi connectivity index (χ1) is 7.45. The lowest BCUT2D eigenvalue weighted by molar-refractivity contribution is -0.144. The maximum absolute atomic E-state index is 10.6. The van der Waals surface area contributed by atoms with Gasteiger partial charge in [0.25, 0.3) is 0 Å². The summed E-state index contributed by atoms with van der Waals surface area (Å²) in [6, 6.07) is 2.88. The van der Waals surface area contributed by atoms with Gasteiger partial charge in [0.15, 0.2) is 6.10 Å². The molecule has 0 heterocycles. The lowest BCUT2D eigenvalue weighted by Gasteiger charge is -2.13. The summed E-state index contributed by atoms with van der Waals surface area (Å²) in [5.74, 6) is -0.485. The highest BCUT2D eigenvalue weighted by Crippen LogP contribution is 2.35. The van der Waals surface area contributed by atoms with E-state index in [-0.39, 0.29) is 10.8 Å². The third-order valence-corrected chi connectivity index (χ3v) is 2.45. The Morgan fingerprint density at radius 3 is 2.38 bits per heavy atom. The zero-order chi connectivity index (χ0) is 12.3. The van der Waals surface area contributed by atoms with Crippen molar-refractivity contribution in [3.8, 4) is 11.5 Å². The van der Waals surface area contributed by atoms with Crippen molar-refractivity contribution in [2.75, 3.05) is 7.11 Å². The van der Waals surface area contributed by atoms with E-state index in [1.54, 1.807) is 0 Å². The van der Waals surface area contributed by atoms with E-state index in [0.717, 1.165) is 0 Å². The fourth-order valence-corrected chi connectivity index (χ4v) is 1.50. The molecule has 0 fully saturated rings. The Labute approximate surface area is 103 Å². The van der Waals surface area contributed by atoms with Gasteiger partial charge in [0, 0.05) is 6.07 Å². The molecule has 1 rings (SSSR count). The highest BCUT2D eigenvalue weighted by molar-refractivity contribution is 6.36. The number of hydrogen-bond acceptors (Lipinski definition) is 3. The van der Waals surface area contributed by atoms with Gasteiger partial charge in [-0.3, -0.25) is 0 Å². The fourth-order valence-electron chi connectivity index (χ4n) is 0.998. The first kappa shape index (κ1) is 12.9. The number of carboxylic acid groups (broad SMARTS) is 1. The minimum atomic E-state index is -1.08. The molecule has 1 atom stereocenters. The maximum atomic E-state index is 10.6. The molecule has 0 radical (unpaired) electrons. The molecular weight excluding hydrogens is 255 g/mol. The lowest BCUT2D eigenvalue weighted by Crippen LogP contribution is -2.23. The second-order valence-electron chi connectivity index (χ2n) is 3.02. The van der Waals surface area contributed by atoms with Crippen molar-refractivity contribution in [2.24, 2.45) is 0 Å². The molecule has 0 bridgehead atoms. The summed E-state index contributed by atoms with van der Waals surface area (Å²) in [6.45, 7) is 1.40. The number of methoxy groups -OCH3 is 1. The van der Waals surface area contributed by atoms with Crippen LogP contribution in [0.25, 0.3) is 0 Å². The van der Waals surface area contributed by atoms with Gasteiger partial charge in [0.05, 0.1) is 17.2 Å². The topological polar surface area (TPSA) is 55.8 Å². The molecule has 0 spiro atoms. The SMILES string of the molecule is COc1cc(OC(C)C(=O)O)c(Cl)cc1Cl. The molecule has 0 amide bonds. The largest absolute Gasteiger partial charge is 0.495 e. The molecule has 1 aromatic carbocycles. The van der Waals surface area contributed by atoms with Crippen molar-refractivity contribution < 1.29 is 19.4 Å². The molecule has 0 aliphatic carbocycles. The van der Waals surface area contributed by atoms with Crippen LogP contribution in [0.4, 0.5) is 0 Å². The first-order valence-electron chi connectivity index (χ1n) is 4.38. The van der Waals surface area contributed by atoms with Crippen molar-refractivity contribution in [3.63, 3.8) is 0 Å². The van der Waals surface area contributed by atoms with Gasteiger partial charge in [-0.25, -0.2) is 4.79 Å². The Morgan fingerprint density at radius 2 is 1.88 bits per heavy atom. The van der Waals surface area contributed by atoms with Crippen LogP contribution in [0.1, 0.15) is 6.92 Å². The molecular formula is C10H10Cl2O4. The van der Waals surface area contributed by atoms with E-state index in [4.69, 9.17) is 37.8 Å². The van der Waals surface area contributed by atoms with Gasteiger partial charge in [0.1, 0.15) is 11.5 Å². The zero-order valence-electron chi connectivity index (χ0n) is 8.66. The second-order valence-corrected chi connectivity index (χ2v) is 3.83. The Balaban J connectivity index is 3.00. The maximum Gasteiger partial charge on any atom is 0.344 e. The van der Waals surface area contributed by atoms with Gasteiger partial charge in [-0.2, -0.15) is 0 Å². The molecule has 0 saturated carbocycles. The van der Waals surface area contributed by atoms with E-state index in [1.807, 2.05) is 0 Å². The number of aliphatic carboxylic acids is 1. The fraction of sp³-hybridized carbons (Fsp3) is 0.300. The highest BCUT2D eigenvalue weighted by Gasteiger charge is 2.16. The summed E-state index contributed by atoms with van der Waals surface area (Å²) in [7, 11) is 1.44. The zero-order valence-corrected chi connectivity index (χ0v) is 10.2. The molecule has 6 heteroatoms.